The van der Waals surface area contributed by atoms with Gasteiger partial charge >= 0.3 is 0 Å². The molecule has 11 heteroatoms. The fourth-order valence-electron chi connectivity index (χ4n) is 2.46. The highest BCUT2D eigenvalue weighted by Crippen LogP contribution is 2.28. The zero-order chi connectivity index (χ0) is 21.0. The summed E-state index contributed by atoms with van der Waals surface area (Å²) in [5.41, 5.74) is -0.778. The van der Waals surface area contributed by atoms with E-state index in [1.165, 1.54) is 14.1 Å². The highest BCUT2D eigenvalue weighted by atomic mass is 32.2. The number of nitrogens with zero attached hydrogens (tertiary/aromatic N) is 2. The van der Waals surface area contributed by atoms with E-state index in [1.807, 2.05) is 0 Å². The number of nitrogens with one attached hydrogen (secondary N) is 1. The smallest absolute Gasteiger partial charge is 0.258 e. The summed E-state index contributed by atoms with van der Waals surface area (Å²) in [6, 6.07) is 2.38. The maximum absolute atomic E-state index is 12.6. The van der Waals surface area contributed by atoms with Gasteiger partial charge < -0.3 is 0 Å². The molecule has 0 aliphatic heterocycles. The second kappa shape index (κ2) is 9.09. The molecule has 0 fully saturated rings. The van der Waals surface area contributed by atoms with E-state index >= 15 is 0 Å². The van der Waals surface area contributed by atoms with E-state index in [4.69, 9.17) is 0 Å². The van der Waals surface area contributed by atoms with Crippen LogP contribution < -0.4 is 4.72 Å². The summed E-state index contributed by atoms with van der Waals surface area (Å²) in [5.74, 6) is 0.501. The third-order valence-electron chi connectivity index (χ3n) is 3.97. The van der Waals surface area contributed by atoms with Crippen molar-refractivity contribution in [3.8, 4) is 0 Å². The van der Waals surface area contributed by atoms with E-state index in [1.54, 1.807) is 6.92 Å². The Hall–Kier alpha value is -1.56. The van der Waals surface area contributed by atoms with Crippen LogP contribution >= 0.6 is 0 Å². The van der Waals surface area contributed by atoms with Crippen LogP contribution in [0.2, 0.25) is 0 Å². The molecule has 0 aliphatic rings. The third kappa shape index (κ3) is 6.23. The standard InChI is InChI=1S/C16H27N3O6S2/c1-12(2)7-6-8-13(3)17-26(22,23)16-10-9-14(11-15(16)19(20)21)27(24,25)18(4)5/h9-13,17H,6-8H2,1-5H3/t13-/m0/s1. The van der Waals surface area contributed by atoms with Gasteiger partial charge in [0.05, 0.1) is 9.82 Å². The molecule has 1 atom stereocenters. The van der Waals surface area contributed by atoms with E-state index in [0.29, 0.717) is 12.3 Å². The van der Waals surface area contributed by atoms with Gasteiger partial charge in [-0.25, -0.2) is 25.9 Å². The maximum atomic E-state index is 12.6. The molecule has 1 N–H and O–H groups in total. The van der Waals surface area contributed by atoms with Crippen LogP contribution in [0.25, 0.3) is 0 Å². The van der Waals surface area contributed by atoms with Gasteiger partial charge in [0.2, 0.25) is 20.0 Å². The van der Waals surface area contributed by atoms with Crippen LogP contribution in [0.4, 0.5) is 5.69 Å². The lowest BCUT2D eigenvalue weighted by molar-refractivity contribution is -0.388. The van der Waals surface area contributed by atoms with Gasteiger partial charge in [0.1, 0.15) is 0 Å². The molecule has 1 rings (SSSR count). The number of hydrogen-bond donors (Lipinski definition) is 1. The molecule has 0 saturated carbocycles. The van der Waals surface area contributed by atoms with Gasteiger partial charge in [-0.2, -0.15) is 0 Å². The Labute approximate surface area is 161 Å². The first-order valence-corrected chi connectivity index (χ1v) is 11.4. The quantitative estimate of drug-likeness (QED) is 0.456. The van der Waals surface area contributed by atoms with Crippen LogP contribution in [0.1, 0.15) is 40.0 Å². The summed E-state index contributed by atoms with van der Waals surface area (Å²) in [6.45, 7) is 5.83. The van der Waals surface area contributed by atoms with Gasteiger partial charge in [0, 0.05) is 26.2 Å². The second-order valence-corrected chi connectivity index (χ2v) is 10.9. The van der Waals surface area contributed by atoms with Crippen molar-refractivity contribution in [2.45, 2.75) is 55.9 Å². The Morgan fingerprint density at radius 3 is 2.19 bits per heavy atom. The molecule has 0 saturated heterocycles. The lowest BCUT2D eigenvalue weighted by Crippen LogP contribution is -2.33. The third-order valence-corrected chi connectivity index (χ3v) is 7.42. The Morgan fingerprint density at radius 2 is 1.70 bits per heavy atom. The van der Waals surface area contributed by atoms with Crippen molar-refractivity contribution >= 4 is 25.7 Å². The molecular weight excluding hydrogens is 394 g/mol. The van der Waals surface area contributed by atoms with Gasteiger partial charge in [-0.15, -0.1) is 0 Å². The number of nitro benzene ring substituents is 1. The van der Waals surface area contributed by atoms with Gasteiger partial charge in [-0.05, 0) is 31.4 Å². The van der Waals surface area contributed by atoms with E-state index in [0.717, 1.165) is 35.3 Å². The molecule has 1 aromatic carbocycles. The lowest BCUT2D eigenvalue weighted by Gasteiger charge is -2.16. The van der Waals surface area contributed by atoms with Crippen molar-refractivity contribution in [2.75, 3.05) is 14.1 Å². The van der Waals surface area contributed by atoms with E-state index in [2.05, 4.69) is 18.6 Å². The number of rotatable bonds is 10. The topological polar surface area (TPSA) is 127 Å². The predicted octanol–water partition coefficient (Wildman–Crippen LogP) is 2.34. The first kappa shape index (κ1) is 23.5. The van der Waals surface area contributed by atoms with Crippen molar-refractivity contribution in [1.29, 1.82) is 0 Å². The van der Waals surface area contributed by atoms with Crippen molar-refractivity contribution in [3.63, 3.8) is 0 Å². The summed E-state index contributed by atoms with van der Waals surface area (Å²) in [5, 5.41) is 11.4. The largest absolute Gasteiger partial charge is 0.290 e. The highest BCUT2D eigenvalue weighted by Gasteiger charge is 2.30. The minimum Gasteiger partial charge on any atom is -0.258 e. The minimum absolute atomic E-state index is 0.344. The SMILES string of the molecule is CC(C)CCC[C@H](C)NS(=O)(=O)c1ccc(S(=O)(=O)N(C)C)cc1[N+](=O)[O-]. The van der Waals surface area contributed by atoms with E-state index in [-0.39, 0.29) is 4.90 Å². The molecule has 0 radical (unpaired) electrons. The van der Waals surface area contributed by atoms with Crippen LogP contribution in [-0.4, -0.2) is 46.2 Å². The summed E-state index contributed by atoms with van der Waals surface area (Å²) < 4.78 is 52.8. The summed E-state index contributed by atoms with van der Waals surface area (Å²) in [4.78, 5) is 9.56. The average Bonchev–Trinajstić information content (AvgIpc) is 2.53. The van der Waals surface area contributed by atoms with Crippen molar-refractivity contribution in [2.24, 2.45) is 5.92 Å². The molecular formula is C16H27N3O6S2. The molecule has 0 aromatic heterocycles. The zero-order valence-corrected chi connectivity index (χ0v) is 17.8. The Balaban J connectivity index is 3.19. The molecule has 0 spiro atoms. The van der Waals surface area contributed by atoms with Gasteiger partial charge in [0.15, 0.2) is 4.90 Å². The molecule has 0 heterocycles. The minimum atomic E-state index is -4.17. The van der Waals surface area contributed by atoms with Crippen molar-refractivity contribution in [1.82, 2.24) is 9.03 Å². The summed E-state index contributed by atoms with van der Waals surface area (Å²) in [7, 11) is -5.53. The monoisotopic (exact) mass is 421 g/mol. The van der Waals surface area contributed by atoms with Crippen LogP contribution in [0.5, 0.6) is 0 Å². The average molecular weight is 422 g/mol. The maximum Gasteiger partial charge on any atom is 0.290 e. The Bertz CT molecular complexity index is 879. The van der Waals surface area contributed by atoms with Crippen LogP contribution in [0.15, 0.2) is 28.0 Å². The molecule has 0 unspecified atom stereocenters. The summed E-state index contributed by atoms with van der Waals surface area (Å²) >= 11 is 0. The fraction of sp³-hybridized carbons (Fsp3) is 0.625. The van der Waals surface area contributed by atoms with E-state index < -0.39 is 41.6 Å². The fourth-order valence-corrected chi connectivity index (χ4v) is 4.81. The van der Waals surface area contributed by atoms with Crippen LogP contribution in [0, 0.1) is 16.0 Å². The first-order valence-electron chi connectivity index (χ1n) is 8.52. The predicted molar refractivity (Wildman–Crippen MR) is 102 cm³/mol. The molecule has 0 bridgehead atoms. The summed E-state index contributed by atoms with van der Waals surface area (Å²) in [6.07, 6.45) is 2.37. The molecule has 154 valence electrons. The van der Waals surface area contributed by atoms with Gasteiger partial charge in [-0.1, -0.05) is 26.7 Å². The molecule has 9 nitrogen and oxygen atoms in total. The Kier molecular flexibility index (Phi) is 7.90. The van der Waals surface area contributed by atoms with Crippen molar-refractivity contribution < 1.29 is 21.8 Å². The molecule has 27 heavy (non-hydrogen) atoms. The van der Waals surface area contributed by atoms with Crippen molar-refractivity contribution in [3.05, 3.63) is 28.3 Å². The van der Waals surface area contributed by atoms with Gasteiger partial charge in [-0.3, -0.25) is 10.1 Å². The van der Waals surface area contributed by atoms with E-state index in [9.17, 15) is 26.9 Å². The number of hydrogen-bond acceptors (Lipinski definition) is 6. The number of nitro groups is 1. The van der Waals surface area contributed by atoms with Gasteiger partial charge in [0.25, 0.3) is 5.69 Å². The highest BCUT2D eigenvalue weighted by molar-refractivity contribution is 7.90. The van der Waals surface area contributed by atoms with Crippen LogP contribution in [-0.2, 0) is 20.0 Å². The first-order chi connectivity index (χ1) is 12.3. The Morgan fingerprint density at radius 1 is 1.11 bits per heavy atom. The number of sulfonamides is 2. The molecule has 1 aromatic rings. The zero-order valence-electron chi connectivity index (χ0n) is 16.2. The number of benzene rings is 1. The molecule has 0 aliphatic carbocycles. The lowest BCUT2D eigenvalue weighted by atomic mass is 10.0. The normalized spacial score (nSPS) is 13.9. The second-order valence-electron chi connectivity index (χ2n) is 7.02. The molecule has 0 amide bonds. The van der Waals surface area contributed by atoms with Crippen LogP contribution in [0.3, 0.4) is 0 Å².